The van der Waals surface area contributed by atoms with Gasteiger partial charge in [0.1, 0.15) is 11.6 Å². The van der Waals surface area contributed by atoms with Gasteiger partial charge in [-0.3, -0.25) is 4.90 Å². The Hall–Kier alpha value is -2.06. The largest absolute Gasteiger partial charge is 0.464 e. The van der Waals surface area contributed by atoms with Gasteiger partial charge in [0.05, 0.1) is 13.2 Å². The molecule has 144 valence electrons. The van der Waals surface area contributed by atoms with Crippen LogP contribution in [0.4, 0.5) is 4.79 Å². The monoisotopic (exact) mass is 360 g/mol. The van der Waals surface area contributed by atoms with Crippen molar-refractivity contribution in [2.45, 2.75) is 70.9 Å². The Kier molecular flexibility index (Phi) is 8.44. The standard InChI is InChI=1S/C16H28N2O7/c1-16(2,3)25-15(20)17-10-8-9-13(17)14(19)23-11-6-4-5-7-12-24-18(21)22/h13H,4-12H2,1-3H3. The minimum absolute atomic E-state index is 0.0830. The van der Waals surface area contributed by atoms with Gasteiger partial charge in [0.25, 0.3) is 5.09 Å². The van der Waals surface area contributed by atoms with Crippen molar-refractivity contribution in [3.63, 3.8) is 0 Å². The Balaban J connectivity index is 2.23. The second kappa shape index (κ2) is 10.0. The number of likely N-dealkylation sites (tertiary alicyclic amines) is 1. The van der Waals surface area contributed by atoms with Crippen molar-refractivity contribution in [3.8, 4) is 0 Å². The van der Waals surface area contributed by atoms with Crippen molar-refractivity contribution in [3.05, 3.63) is 10.1 Å². The van der Waals surface area contributed by atoms with E-state index in [0.29, 0.717) is 25.8 Å². The fourth-order valence-electron chi connectivity index (χ4n) is 2.52. The first-order chi connectivity index (χ1) is 11.7. The summed E-state index contributed by atoms with van der Waals surface area (Å²) in [4.78, 5) is 39.9. The summed E-state index contributed by atoms with van der Waals surface area (Å²) in [5.41, 5.74) is -0.604. The van der Waals surface area contributed by atoms with Crippen LogP contribution in [0, 0.1) is 10.1 Å². The normalized spacial score (nSPS) is 17.2. The van der Waals surface area contributed by atoms with Crippen LogP contribution in [0.5, 0.6) is 0 Å². The molecule has 0 aliphatic carbocycles. The minimum Gasteiger partial charge on any atom is -0.464 e. The molecule has 0 spiro atoms. The Bertz CT molecular complexity index is 462. The number of carbonyl (C=O) groups excluding carboxylic acids is 2. The molecule has 0 N–H and O–H groups in total. The number of unbranched alkanes of at least 4 members (excludes halogenated alkanes) is 3. The number of nitrogens with zero attached hydrogens (tertiary/aromatic N) is 2. The zero-order valence-corrected chi connectivity index (χ0v) is 15.2. The molecule has 0 aromatic carbocycles. The van der Waals surface area contributed by atoms with E-state index in [4.69, 9.17) is 9.47 Å². The first kappa shape index (κ1) is 21.0. The van der Waals surface area contributed by atoms with Gasteiger partial charge in [0.2, 0.25) is 0 Å². The van der Waals surface area contributed by atoms with Crippen LogP contribution < -0.4 is 0 Å². The van der Waals surface area contributed by atoms with E-state index in [1.807, 2.05) is 0 Å². The van der Waals surface area contributed by atoms with Crippen LogP contribution in [0.2, 0.25) is 0 Å². The minimum atomic E-state index is -0.806. The molecule has 0 saturated carbocycles. The predicted molar refractivity (Wildman–Crippen MR) is 88.3 cm³/mol. The molecule has 9 heteroatoms. The molecule has 0 aromatic heterocycles. The van der Waals surface area contributed by atoms with E-state index >= 15 is 0 Å². The number of rotatable bonds is 9. The molecule has 0 radical (unpaired) electrons. The van der Waals surface area contributed by atoms with Gasteiger partial charge in [-0.2, -0.15) is 0 Å². The second-order valence-electron chi connectivity index (χ2n) is 6.97. The van der Waals surface area contributed by atoms with Crippen molar-refractivity contribution < 1.29 is 29.0 Å². The highest BCUT2D eigenvalue weighted by molar-refractivity contribution is 5.82. The van der Waals surface area contributed by atoms with Gasteiger partial charge >= 0.3 is 12.1 Å². The van der Waals surface area contributed by atoms with Gasteiger partial charge < -0.3 is 14.3 Å². The van der Waals surface area contributed by atoms with Gasteiger partial charge in [-0.05, 0) is 52.9 Å². The molecule has 1 fully saturated rings. The average molecular weight is 360 g/mol. The highest BCUT2D eigenvalue weighted by Crippen LogP contribution is 2.22. The Morgan fingerprint density at radius 3 is 2.40 bits per heavy atom. The van der Waals surface area contributed by atoms with Crippen LogP contribution in [0.15, 0.2) is 0 Å². The fraction of sp³-hybridized carbons (Fsp3) is 0.875. The molecule has 0 bridgehead atoms. The van der Waals surface area contributed by atoms with Crippen molar-refractivity contribution in [1.82, 2.24) is 4.90 Å². The van der Waals surface area contributed by atoms with Crippen molar-refractivity contribution in [2.75, 3.05) is 19.8 Å². The molecule has 1 unspecified atom stereocenters. The van der Waals surface area contributed by atoms with E-state index in [9.17, 15) is 19.7 Å². The summed E-state index contributed by atoms with van der Waals surface area (Å²) in [7, 11) is 0. The first-order valence-corrected chi connectivity index (χ1v) is 8.64. The van der Waals surface area contributed by atoms with Gasteiger partial charge in [0, 0.05) is 6.54 Å². The lowest BCUT2D eigenvalue weighted by Gasteiger charge is -2.27. The lowest BCUT2D eigenvalue weighted by Crippen LogP contribution is -2.44. The maximum absolute atomic E-state index is 12.2. The van der Waals surface area contributed by atoms with E-state index in [-0.39, 0.29) is 13.2 Å². The zero-order valence-electron chi connectivity index (χ0n) is 15.2. The third-order valence-electron chi connectivity index (χ3n) is 3.63. The smallest absolute Gasteiger partial charge is 0.411 e. The summed E-state index contributed by atoms with van der Waals surface area (Å²) in [5.74, 6) is -0.403. The van der Waals surface area contributed by atoms with Gasteiger partial charge in [-0.25, -0.2) is 9.59 Å². The Morgan fingerprint density at radius 2 is 1.80 bits per heavy atom. The maximum Gasteiger partial charge on any atom is 0.411 e. The maximum atomic E-state index is 12.2. The highest BCUT2D eigenvalue weighted by Gasteiger charge is 2.37. The number of ether oxygens (including phenoxy) is 2. The van der Waals surface area contributed by atoms with E-state index in [2.05, 4.69) is 4.84 Å². The fourth-order valence-corrected chi connectivity index (χ4v) is 2.52. The van der Waals surface area contributed by atoms with Crippen LogP contribution in [0.25, 0.3) is 0 Å². The third kappa shape index (κ3) is 8.55. The van der Waals surface area contributed by atoms with Crippen molar-refractivity contribution >= 4 is 12.1 Å². The molecular formula is C16H28N2O7. The topological polar surface area (TPSA) is 108 Å². The predicted octanol–water partition coefficient (Wildman–Crippen LogP) is 2.70. The summed E-state index contributed by atoms with van der Waals surface area (Å²) < 4.78 is 10.6. The molecule has 25 heavy (non-hydrogen) atoms. The number of hydrogen-bond donors (Lipinski definition) is 0. The van der Waals surface area contributed by atoms with Crippen LogP contribution in [-0.2, 0) is 19.1 Å². The van der Waals surface area contributed by atoms with Gasteiger partial charge in [-0.15, -0.1) is 10.1 Å². The third-order valence-corrected chi connectivity index (χ3v) is 3.63. The molecule has 1 atom stereocenters. The Labute approximate surface area is 147 Å². The molecular weight excluding hydrogens is 332 g/mol. The lowest BCUT2D eigenvalue weighted by molar-refractivity contribution is -0.757. The van der Waals surface area contributed by atoms with Gasteiger partial charge in [0.15, 0.2) is 0 Å². The quantitative estimate of drug-likeness (QED) is 0.269. The van der Waals surface area contributed by atoms with Crippen LogP contribution >= 0.6 is 0 Å². The lowest BCUT2D eigenvalue weighted by atomic mass is 10.2. The SMILES string of the molecule is CC(C)(C)OC(=O)N1CCCC1C(=O)OCCCCCCO[N+](=O)[O-]. The molecule has 1 heterocycles. The summed E-state index contributed by atoms with van der Waals surface area (Å²) in [6.07, 6.45) is 3.64. The summed E-state index contributed by atoms with van der Waals surface area (Å²) in [6.45, 7) is 6.19. The molecule has 1 saturated heterocycles. The number of amides is 1. The first-order valence-electron chi connectivity index (χ1n) is 8.64. The number of carbonyl (C=O) groups is 2. The number of hydrogen-bond acceptors (Lipinski definition) is 7. The highest BCUT2D eigenvalue weighted by atomic mass is 16.9. The number of esters is 1. The zero-order chi connectivity index (χ0) is 18.9. The molecule has 1 aliphatic heterocycles. The van der Waals surface area contributed by atoms with E-state index in [1.165, 1.54) is 4.90 Å². The van der Waals surface area contributed by atoms with Crippen molar-refractivity contribution in [1.29, 1.82) is 0 Å². The second-order valence-corrected chi connectivity index (χ2v) is 6.97. The average Bonchev–Trinajstić information content (AvgIpc) is 2.97. The summed E-state index contributed by atoms with van der Waals surface area (Å²) in [5, 5.41) is 9.17. The summed E-state index contributed by atoms with van der Waals surface area (Å²) in [6, 6.07) is -0.580. The van der Waals surface area contributed by atoms with Gasteiger partial charge in [-0.1, -0.05) is 6.42 Å². The van der Waals surface area contributed by atoms with Crippen molar-refractivity contribution in [2.24, 2.45) is 0 Å². The van der Waals surface area contributed by atoms with Crippen LogP contribution in [0.3, 0.4) is 0 Å². The molecule has 1 rings (SSSR count). The Morgan fingerprint density at radius 1 is 1.16 bits per heavy atom. The molecule has 1 aliphatic rings. The van der Waals surface area contributed by atoms with E-state index < -0.39 is 28.8 Å². The van der Waals surface area contributed by atoms with E-state index in [1.54, 1.807) is 20.8 Å². The summed E-state index contributed by atoms with van der Waals surface area (Å²) >= 11 is 0. The molecule has 0 aromatic rings. The molecule has 9 nitrogen and oxygen atoms in total. The van der Waals surface area contributed by atoms with Crippen LogP contribution in [-0.4, -0.2) is 53.5 Å². The van der Waals surface area contributed by atoms with E-state index in [0.717, 1.165) is 19.3 Å². The molecule has 1 amide bonds. The van der Waals surface area contributed by atoms with Crippen LogP contribution in [0.1, 0.15) is 59.3 Å².